The molecule has 21 heavy (non-hydrogen) atoms. The minimum atomic E-state index is 0.0670. The summed E-state index contributed by atoms with van der Waals surface area (Å²) in [5, 5.41) is 3.69. The molecule has 1 saturated carbocycles. The maximum absolute atomic E-state index is 12.9. The maximum atomic E-state index is 12.9. The zero-order valence-corrected chi connectivity index (χ0v) is 14.4. The molecule has 2 rings (SSSR count). The van der Waals surface area contributed by atoms with Gasteiger partial charge < -0.3 is 4.90 Å². The molecule has 0 aromatic heterocycles. The number of carbonyl (C=O) groups excluding carboxylic acids is 1. The number of hydrogen-bond donors (Lipinski definition) is 1. The highest BCUT2D eigenvalue weighted by Gasteiger charge is 2.45. The van der Waals surface area contributed by atoms with E-state index in [9.17, 15) is 4.79 Å². The van der Waals surface area contributed by atoms with Crippen LogP contribution < -0.4 is 5.32 Å². The van der Waals surface area contributed by atoms with Gasteiger partial charge in [0.05, 0.1) is 12.2 Å². The van der Waals surface area contributed by atoms with Crippen LogP contribution in [-0.4, -0.2) is 29.1 Å². The number of nitrogens with one attached hydrogen (secondary N) is 1. The molecule has 1 saturated heterocycles. The highest BCUT2D eigenvalue weighted by atomic mass is 16.2. The molecule has 0 bridgehead atoms. The summed E-state index contributed by atoms with van der Waals surface area (Å²) in [6, 6.07) is 0.435. The van der Waals surface area contributed by atoms with E-state index in [0.717, 1.165) is 25.7 Å². The normalized spacial score (nSPS) is 28.8. The van der Waals surface area contributed by atoms with Crippen LogP contribution in [0.2, 0.25) is 0 Å². The van der Waals surface area contributed by atoms with E-state index in [1.807, 2.05) is 0 Å². The Morgan fingerprint density at radius 1 is 1.19 bits per heavy atom. The van der Waals surface area contributed by atoms with Crippen LogP contribution in [0.1, 0.15) is 79.1 Å². The van der Waals surface area contributed by atoms with Crippen LogP contribution in [0.15, 0.2) is 0 Å². The second kappa shape index (κ2) is 7.62. The average Bonchev–Trinajstić information content (AvgIpc) is 3.09. The molecule has 0 radical (unpaired) electrons. The molecule has 1 aliphatic carbocycles. The van der Waals surface area contributed by atoms with Crippen molar-refractivity contribution in [3.05, 3.63) is 0 Å². The van der Waals surface area contributed by atoms with Crippen molar-refractivity contribution in [1.82, 2.24) is 10.2 Å². The molecule has 3 heteroatoms. The van der Waals surface area contributed by atoms with Crippen molar-refractivity contribution in [1.29, 1.82) is 0 Å². The summed E-state index contributed by atoms with van der Waals surface area (Å²) in [7, 11) is 0. The summed E-state index contributed by atoms with van der Waals surface area (Å²) in [6.45, 7) is 8.96. The van der Waals surface area contributed by atoms with Gasteiger partial charge in [-0.25, -0.2) is 0 Å². The van der Waals surface area contributed by atoms with Gasteiger partial charge in [0.2, 0.25) is 5.91 Å². The van der Waals surface area contributed by atoms with Gasteiger partial charge in [0.25, 0.3) is 0 Å². The van der Waals surface area contributed by atoms with E-state index in [4.69, 9.17) is 0 Å². The first-order chi connectivity index (χ1) is 10.1. The van der Waals surface area contributed by atoms with E-state index in [1.165, 1.54) is 25.7 Å². The van der Waals surface area contributed by atoms with Crippen LogP contribution in [-0.2, 0) is 4.79 Å². The summed E-state index contributed by atoms with van der Waals surface area (Å²) in [4.78, 5) is 15.1. The maximum Gasteiger partial charge on any atom is 0.241 e. The van der Waals surface area contributed by atoms with Gasteiger partial charge in [-0.05, 0) is 38.0 Å². The first kappa shape index (κ1) is 16.8. The summed E-state index contributed by atoms with van der Waals surface area (Å²) in [6.07, 6.45) is 9.93. The molecule has 3 nitrogen and oxygen atoms in total. The number of nitrogens with zero attached hydrogens (tertiary/aromatic N) is 1. The molecule has 1 aliphatic heterocycles. The summed E-state index contributed by atoms with van der Waals surface area (Å²) >= 11 is 0. The van der Waals surface area contributed by atoms with Crippen LogP contribution in [0.25, 0.3) is 0 Å². The van der Waals surface area contributed by atoms with Crippen LogP contribution in [0.5, 0.6) is 0 Å². The number of hydrogen-bond acceptors (Lipinski definition) is 2. The lowest BCUT2D eigenvalue weighted by Crippen LogP contribution is -2.49. The van der Waals surface area contributed by atoms with Gasteiger partial charge in [-0.1, -0.05) is 52.9 Å². The molecule has 3 unspecified atom stereocenters. The molecular weight excluding hydrogens is 260 g/mol. The summed E-state index contributed by atoms with van der Waals surface area (Å²) in [5.41, 5.74) is 0. The van der Waals surface area contributed by atoms with E-state index in [2.05, 4.69) is 37.9 Å². The van der Waals surface area contributed by atoms with Crippen LogP contribution in [0.3, 0.4) is 0 Å². The predicted octanol–water partition coefficient (Wildman–Crippen LogP) is 3.93. The number of amides is 1. The van der Waals surface area contributed by atoms with Gasteiger partial charge in [-0.2, -0.15) is 0 Å². The lowest BCUT2D eigenvalue weighted by atomic mass is 9.92. The first-order valence-corrected chi connectivity index (χ1v) is 9.22. The third-order valence-corrected chi connectivity index (χ3v) is 5.82. The summed E-state index contributed by atoms with van der Waals surface area (Å²) < 4.78 is 0. The van der Waals surface area contributed by atoms with Gasteiger partial charge in [0.1, 0.15) is 0 Å². The second-order valence-corrected chi connectivity index (χ2v) is 7.06. The Kier molecular flexibility index (Phi) is 6.09. The molecule has 1 amide bonds. The van der Waals surface area contributed by atoms with Crippen LogP contribution in [0.4, 0.5) is 0 Å². The standard InChI is InChI=1S/C18H34N2O/c1-5-10-16-18(21)20(13(4)14(6-2)7-3)17(19-16)15-11-8-9-12-15/h13-17,19H,5-12H2,1-4H3. The van der Waals surface area contributed by atoms with Crippen molar-refractivity contribution in [2.45, 2.75) is 97.3 Å². The zero-order chi connectivity index (χ0) is 15.4. The first-order valence-electron chi connectivity index (χ1n) is 9.22. The smallest absolute Gasteiger partial charge is 0.241 e. The Morgan fingerprint density at radius 2 is 1.81 bits per heavy atom. The van der Waals surface area contributed by atoms with Crippen molar-refractivity contribution < 1.29 is 4.79 Å². The Hall–Kier alpha value is -0.570. The molecule has 0 aromatic carbocycles. The molecule has 1 heterocycles. The molecule has 3 atom stereocenters. The fourth-order valence-corrected chi connectivity index (χ4v) is 4.46. The van der Waals surface area contributed by atoms with E-state index >= 15 is 0 Å². The van der Waals surface area contributed by atoms with E-state index in [0.29, 0.717) is 30.0 Å². The zero-order valence-electron chi connectivity index (χ0n) is 14.4. The van der Waals surface area contributed by atoms with E-state index in [-0.39, 0.29) is 6.04 Å². The highest BCUT2D eigenvalue weighted by molar-refractivity contribution is 5.84. The Balaban J connectivity index is 2.17. The minimum Gasteiger partial charge on any atom is -0.323 e. The Labute approximate surface area is 130 Å². The Morgan fingerprint density at radius 3 is 2.33 bits per heavy atom. The fourth-order valence-electron chi connectivity index (χ4n) is 4.46. The summed E-state index contributed by atoms with van der Waals surface area (Å²) in [5.74, 6) is 1.67. The van der Waals surface area contributed by atoms with Crippen molar-refractivity contribution in [2.75, 3.05) is 0 Å². The monoisotopic (exact) mass is 294 g/mol. The van der Waals surface area contributed by atoms with Crippen molar-refractivity contribution in [3.8, 4) is 0 Å². The van der Waals surface area contributed by atoms with E-state index < -0.39 is 0 Å². The lowest BCUT2D eigenvalue weighted by molar-refractivity contribution is -0.134. The van der Waals surface area contributed by atoms with Gasteiger partial charge in [-0.15, -0.1) is 0 Å². The number of rotatable bonds is 7. The van der Waals surface area contributed by atoms with Crippen molar-refractivity contribution in [2.24, 2.45) is 11.8 Å². The molecular formula is C18H34N2O. The van der Waals surface area contributed by atoms with Crippen LogP contribution >= 0.6 is 0 Å². The second-order valence-electron chi connectivity index (χ2n) is 7.06. The van der Waals surface area contributed by atoms with Crippen molar-refractivity contribution >= 4 is 5.91 Å². The predicted molar refractivity (Wildman–Crippen MR) is 88.0 cm³/mol. The van der Waals surface area contributed by atoms with Crippen LogP contribution in [0, 0.1) is 11.8 Å². The molecule has 1 N–H and O–H groups in total. The average molecular weight is 294 g/mol. The quantitative estimate of drug-likeness (QED) is 0.771. The van der Waals surface area contributed by atoms with Gasteiger partial charge in [0.15, 0.2) is 0 Å². The largest absolute Gasteiger partial charge is 0.323 e. The molecule has 2 fully saturated rings. The highest BCUT2D eigenvalue weighted by Crippen LogP contribution is 2.35. The van der Waals surface area contributed by atoms with Gasteiger partial charge in [0, 0.05) is 6.04 Å². The third-order valence-electron chi connectivity index (χ3n) is 5.82. The molecule has 0 spiro atoms. The topological polar surface area (TPSA) is 32.3 Å². The number of carbonyl (C=O) groups is 1. The third kappa shape index (κ3) is 3.44. The lowest BCUT2D eigenvalue weighted by Gasteiger charge is -2.37. The minimum absolute atomic E-state index is 0.0670. The molecule has 0 aromatic rings. The Bertz CT molecular complexity index is 334. The fraction of sp³-hybridized carbons (Fsp3) is 0.944. The van der Waals surface area contributed by atoms with Gasteiger partial charge in [-0.3, -0.25) is 10.1 Å². The molecule has 122 valence electrons. The van der Waals surface area contributed by atoms with Crippen molar-refractivity contribution in [3.63, 3.8) is 0 Å². The SMILES string of the molecule is CCCC1NC(C2CCCC2)N(C(C)C(CC)CC)C1=O. The van der Waals surface area contributed by atoms with Gasteiger partial charge >= 0.3 is 0 Å². The van der Waals surface area contributed by atoms with E-state index in [1.54, 1.807) is 0 Å². The molecule has 2 aliphatic rings.